The van der Waals surface area contributed by atoms with E-state index in [1.54, 1.807) is 0 Å². The summed E-state index contributed by atoms with van der Waals surface area (Å²) >= 11 is 0. The number of rotatable bonds is 20. The van der Waals surface area contributed by atoms with Crippen molar-refractivity contribution in [2.24, 2.45) is 0 Å². The predicted octanol–water partition coefficient (Wildman–Crippen LogP) is 7.31. The lowest BCUT2D eigenvalue weighted by atomic mass is 10.0. The molecule has 0 aromatic heterocycles. The Morgan fingerprint density at radius 1 is 0.519 bits per heavy atom. The molecule has 164 valence electrons. The Kier molecular flexibility index (Phi) is 18.8. The molecule has 0 fully saturated rings. The molecule has 2 nitrogen and oxygen atoms in total. The topological polar surface area (TPSA) is 40.5 Å². The SMILES string of the molecule is OCC(O)CCCCCCCCCCCCCCCCCCCC(F)(F)F. The van der Waals surface area contributed by atoms with Crippen LogP contribution in [0.4, 0.5) is 13.2 Å². The van der Waals surface area contributed by atoms with Crippen molar-refractivity contribution in [3.63, 3.8) is 0 Å². The Morgan fingerprint density at radius 3 is 1.11 bits per heavy atom. The lowest BCUT2D eigenvalue weighted by molar-refractivity contribution is -0.135. The fourth-order valence-corrected chi connectivity index (χ4v) is 3.45. The zero-order valence-electron chi connectivity index (χ0n) is 17.2. The Balaban J connectivity index is 3.05. The average Bonchev–Trinajstić information content (AvgIpc) is 2.62. The number of aliphatic hydroxyl groups excluding tert-OH is 2. The van der Waals surface area contributed by atoms with Crippen LogP contribution in [0.2, 0.25) is 0 Å². The first kappa shape index (κ1) is 26.7. The molecule has 0 rings (SSSR count). The minimum absolute atomic E-state index is 0.120. The van der Waals surface area contributed by atoms with Gasteiger partial charge in [-0.15, -0.1) is 0 Å². The molecule has 2 N–H and O–H groups in total. The monoisotopic (exact) mass is 396 g/mol. The van der Waals surface area contributed by atoms with Crippen molar-refractivity contribution in [1.29, 1.82) is 0 Å². The van der Waals surface area contributed by atoms with Gasteiger partial charge in [-0.2, -0.15) is 13.2 Å². The Morgan fingerprint density at radius 2 is 0.815 bits per heavy atom. The van der Waals surface area contributed by atoms with Crippen LogP contribution >= 0.6 is 0 Å². The fraction of sp³-hybridized carbons (Fsp3) is 1.00. The van der Waals surface area contributed by atoms with Gasteiger partial charge in [0.05, 0.1) is 12.7 Å². The lowest BCUT2D eigenvalue weighted by Crippen LogP contribution is -2.10. The number of hydrogen-bond donors (Lipinski definition) is 2. The maximum Gasteiger partial charge on any atom is 0.389 e. The lowest BCUT2D eigenvalue weighted by Gasteiger charge is -2.06. The third-order valence-corrected chi connectivity index (χ3v) is 5.21. The number of aliphatic hydroxyl groups is 2. The molecule has 27 heavy (non-hydrogen) atoms. The zero-order chi connectivity index (χ0) is 20.2. The van der Waals surface area contributed by atoms with E-state index in [9.17, 15) is 18.3 Å². The second-order valence-corrected chi connectivity index (χ2v) is 8.00. The van der Waals surface area contributed by atoms with Gasteiger partial charge in [-0.05, 0) is 12.8 Å². The summed E-state index contributed by atoms with van der Waals surface area (Å²) in [6.07, 6.45) is 14.8. The van der Waals surface area contributed by atoms with Crippen molar-refractivity contribution in [1.82, 2.24) is 0 Å². The molecule has 0 aliphatic rings. The van der Waals surface area contributed by atoms with Crippen LogP contribution in [0, 0.1) is 0 Å². The Bertz CT molecular complexity index is 296. The van der Waals surface area contributed by atoms with Crippen molar-refractivity contribution in [2.45, 2.75) is 134 Å². The first-order valence-electron chi connectivity index (χ1n) is 11.3. The van der Waals surface area contributed by atoms with E-state index in [0.717, 1.165) is 25.7 Å². The highest BCUT2D eigenvalue weighted by Crippen LogP contribution is 2.23. The highest BCUT2D eigenvalue weighted by Gasteiger charge is 2.25. The highest BCUT2D eigenvalue weighted by atomic mass is 19.4. The maximum absolute atomic E-state index is 12.0. The molecule has 5 heteroatoms. The van der Waals surface area contributed by atoms with Crippen molar-refractivity contribution >= 4 is 0 Å². The van der Waals surface area contributed by atoms with Crippen molar-refractivity contribution < 1.29 is 23.4 Å². The predicted molar refractivity (Wildman–Crippen MR) is 107 cm³/mol. The Labute approximate surface area is 164 Å². The summed E-state index contributed by atoms with van der Waals surface area (Å²) in [5, 5.41) is 18.0. The van der Waals surface area contributed by atoms with Crippen LogP contribution in [0.15, 0.2) is 0 Å². The summed E-state index contributed by atoms with van der Waals surface area (Å²) in [4.78, 5) is 0. The molecule has 1 unspecified atom stereocenters. The van der Waals surface area contributed by atoms with Crippen LogP contribution in [0.25, 0.3) is 0 Å². The molecule has 0 saturated heterocycles. The maximum atomic E-state index is 12.0. The van der Waals surface area contributed by atoms with Gasteiger partial charge in [0, 0.05) is 6.42 Å². The quantitative estimate of drug-likeness (QED) is 0.212. The van der Waals surface area contributed by atoms with E-state index < -0.39 is 18.7 Å². The van der Waals surface area contributed by atoms with Gasteiger partial charge < -0.3 is 10.2 Å². The van der Waals surface area contributed by atoms with Gasteiger partial charge in [-0.1, -0.05) is 103 Å². The number of alkyl halides is 3. The van der Waals surface area contributed by atoms with E-state index in [0.29, 0.717) is 12.8 Å². The molecule has 0 saturated carbocycles. The first-order chi connectivity index (χ1) is 13.0. The zero-order valence-corrected chi connectivity index (χ0v) is 17.2. The summed E-state index contributed by atoms with van der Waals surface area (Å²) in [7, 11) is 0. The van der Waals surface area contributed by atoms with Crippen molar-refractivity contribution in [2.75, 3.05) is 6.61 Å². The van der Waals surface area contributed by atoms with E-state index in [4.69, 9.17) is 5.11 Å². The molecule has 0 heterocycles. The van der Waals surface area contributed by atoms with E-state index in [1.807, 2.05) is 0 Å². The van der Waals surface area contributed by atoms with Gasteiger partial charge in [0.15, 0.2) is 0 Å². The van der Waals surface area contributed by atoms with Crippen molar-refractivity contribution in [3.05, 3.63) is 0 Å². The molecule has 0 aliphatic heterocycles. The van der Waals surface area contributed by atoms with Gasteiger partial charge in [0.2, 0.25) is 0 Å². The number of halogens is 3. The molecule has 0 radical (unpaired) electrons. The van der Waals surface area contributed by atoms with Gasteiger partial charge in [-0.25, -0.2) is 0 Å². The fourth-order valence-electron chi connectivity index (χ4n) is 3.45. The minimum atomic E-state index is -3.98. The van der Waals surface area contributed by atoms with Gasteiger partial charge in [0.25, 0.3) is 0 Å². The van der Waals surface area contributed by atoms with Crippen LogP contribution in [-0.2, 0) is 0 Å². The van der Waals surface area contributed by atoms with Crippen molar-refractivity contribution in [3.8, 4) is 0 Å². The molecular formula is C22H43F3O2. The summed E-state index contributed by atoms with van der Waals surface area (Å²) in [6, 6.07) is 0. The van der Waals surface area contributed by atoms with E-state index in [-0.39, 0.29) is 13.0 Å². The number of hydrogen-bond acceptors (Lipinski definition) is 2. The Hall–Kier alpha value is -0.290. The summed E-state index contributed by atoms with van der Waals surface area (Å²) in [5.41, 5.74) is 0. The first-order valence-corrected chi connectivity index (χ1v) is 11.3. The van der Waals surface area contributed by atoms with Gasteiger partial charge >= 0.3 is 6.18 Å². The van der Waals surface area contributed by atoms with E-state index >= 15 is 0 Å². The van der Waals surface area contributed by atoms with E-state index in [2.05, 4.69) is 0 Å². The highest BCUT2D eigenvalue weighted by molar-refractivity contribution is 4.55. The normalized spacial score (nSPS) is 13.2. The van der Waals surface area contributed by atoms with Crippen LogP contribution < -0.4 is 0 Å². The van der Waals surface area contributed by atoms with Gasteiger partial charge in [-0.3, -0.25) is 0 Å². The van der Waals surface area contributed by atoms with Crippen LogP contribution in [0.3, 0.4) is 0 Å². The van der Waals surface area contributed by atoms with E-state index in [1.165, 1.54) is 70.6 Å². The molecule has 0 aliphatic carbocycles. The molecule has 0 amide bonds. The largest absolute Gasteiger partial charge is 0.394 e. The molecule has 1 atom stereocenters. The third-order valence-electron chi connectivity index (χ3n) is 5.21. The van der Waals surface area contributed by atoms with Crippen LogP contribution in [-0.4, -0.2) is 29.1 Å². The average molecular weight is 397 g/mol. The standard InChI is InChI=1S/C22H43F3O2/c23-22(24,25)19-17-15-13-11-9-7-5-3-1-2-4-6-8-10-12-14-16-18-21(27)20-26/h21,26-27H,1-20H2. The second-order valence-electron chi connectivity index (χ2n) is 8.00. The molecule has 0 bridgehead atoms. The smallest absolute Gasteiger partial charge is 0.389 e. The minimum Gasteiger partial charge on any atom is -0.394 e. The van der Waals surface area contributed by atoms with Crippen LogP contribution in [0.5, 0.6) is 0 Å². The summed E-state index contributed by atoms with van der Waals surface area (Å²) in [5.74, 6) is 0. The van der Waals surface area contributed by atoms with Crippen LogP contribution in [0.1, 0.15) is 122 Å². The molecule has 0 spiro atoms. The molecular weight excluding hydrogens is 353 g/mol. The molecule has 0 aromatic rings. The summed E-state index contributed by atoms with van der Waals surface area (Å²) < 4.78 is 36.0. The molecule has 0 aromatic carbocycles. The third kappa shape index (κ3) is 23.7. The van der Waals surface area contributed by atoms with Gasteiger partial charge in [0.1, 0.15) is 0 Å². The summed E-state index contributed by atoms with van der Waals surface area (Å²) in [6.45, 7) is -0.120. The number of unbranched alkanes of at least 4 members (excludes halogenated alkanes) is 16. The second kappa shape index (κ2) is 19.0.